The first-order chi connectivity index (χ1) is 7.61. The smallest absolute Gasteiger partial charge is 0.328 e. The van der Waals surface area contributed by atoms with Crippen LogP contribution in [0.25, 0.3) is 6.08 Å². The Bertz CT molecular complexity index is 412. The van der Waals surface area contributed by atoms with Crippen molar-refractivity contribution in [1.82, 2.24) is 10.6 Å². The number of hydrogen-bond donors (Lipinski definition) is 3. The van der Waals surface area contributed by atoms with Crippen molar-refractivity contribution >= 4 is 29.4 Å². The van der Waals surface area contributed by atoms with Crippen molar-refractivity contribution in [2.75, 3.05) is 7.05 Å². The predicted molar refractivity (Wildman–Crippen MR) is 62.3 cm³/mol. The van der Waals surface area contributed by atoms with E-state index >= 15 is 0 Å². The molecule has 0 aliphatic heterocycles. The molecule has 0 radical (unpaired) electrons. The van der Waals surface area contributed by atoms with E-state index < -0.39 is 5.97 Å². The maximum atomic E-state index is 10.9. The molecule has 3 N–H and O–H groups in total. The Labute approximate surface area is 96.8 Å². The van der Waals surface area contributed by atoms with Crippen LogP contribution < -0.4 is 10.6 Å². The van der Waals surface area contributed by atoms with E-state index in [9.17, 15) is 9.59 Å². The molecule has 0 spiro atoms. The third-order valence-electron chi connectivity index (χ3n) is 1.72. The van der Waals surface area contributed by atoms with Crippen molar-refractivity contribution in [1.29, 1.82) is 0 Å². The van der Waals surface area contributed by atoms with Gasteiger partial charge in [0, 0.05) is 22.9 Å². The molecule has 1 heterocycles. The number of urea groups is 1. The van der Waals surface area contributed by atoms with Gasteiger partial charge in [-0.3, -0.25) is 0 Å². The van der Waals surface area contributed by atoms with Crippen LogP contribution in [0.15, 0.2) is 18.2 Å². The van der Waals surface area contributed by atoms with E-state index in [1.165, 1.54) is 17.4 Å². The van der Waals surface area contributed by atoms with E-state index in [1.54, 1.807) is 7.05 Å². The number of amides is 2. The molecule has 0 aliphatic rings. The van der Waals surface area contributed by atoms with Gasteiger partial charge in [0.25, 0.3) is 0 Å². The first kappa shape index (κ1) is 12.3. The van der Waals surface area contributed by atoms with Gasteiger partial charge in [-0.15, -0.1) is 11.3 Å². The van der Waals surface area contributed by atoms with Gasteiger partial charge in [0.15, 0.2) is 0 Å². The largest absolute Gasteiger partial charge is 0.478 e. The molecule has 0 unspecified atom stereocenters. The number of carboxylic acids is 1. The van der Waals surface area contributed by atoms with Crippen LogP contribution >= 0.6 is 11.3 Å². The van der Waals surface area contributed by atoms with Crippen LogP contribution in [0.1, 0.15) is 9.75 Å². The number of carboxylic acid groups (broad SMARTS) is 1. The van der Waals surface area contributed by atoms with Crippen LogP contribution in [0, 0.1) is 0 Å². The fraction of sp³-hybridized carbons (Fsp3) is 0.200. The van der Waals surface area contributed by atoms with Crippen LogP contribution in [-0.4, -0.2) is 24.2 Å². The number of carbonyl (C=O) groups is 2. The van der Waals surface area contributed by atoms with E-state index in [4.69, 9.17) is 5.11 Å². The number of nitrogens with one attached hydrogen (secondary N) is 2. The maximum Gasteiger partial charge on any atom is 0.328 e. The fourth-order valence-corrected chi connectivity index (χ4v) is 1.84. The standard InChI is InChI=1S/C10H12N2O3S/c1-11-10(15)12-6-8-3-2-7(16-8)4-5-9(13)14/h2-5H,6H2,1H3,(H,13,14)(H2,11,12,15)/b5-4+. The average molecular weight is 240 g/mol. The average Bonchev–Trinajstić information content (AvgIpc) is 2.71. The summed E-state index contributed by atoms with van der Waals surface area (Å²) in [7, 11) is 1.55. The summed E-state index contributed by atoms with van der Waals surface area (Å²) in [6.07, 6.45) is 2.61. The van der Waals surface area contributed by atoms with Gasteiger partial charge in [0.1, 0.15) is 0 Å². The van der Waals surface area contributed by atoms with Gasteiger partial charge in [0.05, 0.1) is 6.54 Å². The van der Waals surface area contributed by atoms with Gasteiger partial charge in [0.2, 0.25) is 0 Å². The second kappa shape index (κ2) is 5.92. The third kappa shape index (κ3) is 4.14. The summed E-state index contributed by atoms with van der Waals surface area (Å²) < 4.78 is 0. The lowest BCUT2D eigenvalue weighted by Gasteiger charge is -2.00. The quantitative estimate of drug-likeness (QED) is 0.693. The highest BCUT2D eigenvalue weighted by molar-refractivity contribution is 7.12. The van der Waals surface area contributed by atoms with Crippen molar-refractivity contribution in [2.45, 2.75) is 6.54 Å². The number of carbonyl (C=O) groups excluding carboxylic acids is 1. The number of aliphatic carboxylic acids is 1. The lowest BCUT2D eigenvalue weighted by molar-refractivity contribution is -0.131. The molecule has 2 amide bonds. The molecule has 1 rings (SSSR count). The molecule has 5 nitrogen and oxygen atoms in total. The molecule has 0 saturated heterocycles. The zero-order valence-corrected chi connectivity index (χ0v) is 9.50. The first-order valence-electron chi connectivity index (χ1n) is 4.57. The van der Waals surface area contributed by atoms with Gasteiger partial charge in [-0.2, -0.15) is 0 Å². The second-order valence-electron chi connectivity index (χ2n) is 2.91. The minimum atomic E-state index is -0.974. The first-order valence-corrected chi connectivity index (χ1v) is 5.39. The molecule has 0 atom stereocenters. The van der Waals surface area contributed by atoms with Crippen LogP contribution in [-0.2, 0) is 11.3 Å². The monoisotopic (exact) mass is 240 g/mol. The normalized spacial score (nSPS) is 10.3. The Morgan fingerprint density at radius 2 is 2.25 bits per heavy atom. The highest BCUT2D eigenvalue weighted by Gasteiger charge is 2.00. The molecular weight excluding hydrogens is 228 g/mol. The molecule has 0 aliphatic carbocycles. The Morgan fingerprint density at radius 1 is 1.50 bits per heavy atom. The summed E-state index contributed by atoms with van der Waals surface area (Å²) in [5.41, 5.74) is 0. The Morgan fingerprint density at radius 3 is 2.88 bits per heavy atom. The summed E-state index contributed by atoms with van der Waals surface area (Å²) >= 11 is 1.43. The predicted octanol–water partition coefficient (Wildman–Crippen LogP) is 1.27. The lowest BCUT2D eigenvalue weighted by atomic mass is 10.4. The molecule has 1 aromatic rings. The van der Waals surface area contributed by atoms with Gasteiger partial charge < -0.3 is 15.7 Å². The number of rotatable bonds is 4. The van der Waals surface area contributed by atoms with Crippen LogP contribution in [0.4, 0.5) is 4.79 Å². The second-order valence-corrected chi connectivity index (χ2v) is 4.11. The van der Waals surface area contributed by atoms with Crippen molar-refractivity contribution < 1.29 is 14.7 Å². The number of thiophene rings is 1. The maximum absolute atomic E-state index is 10.9. The van der Waals surface area contributed by atoms with Crippen molar-refractivity contribution in [3.8, 4) is 0 Å². The minimum Gasteiger partial charge on any atom is -0.478 e. The fourth-order valence-electron chi connectivity index (χ4n) is 0.988. The molecule has 0 bridgehead atoms. The Kier molecular flexibility index (Phi) is 4.53. The number of hydrogen-bond acceptors (Lipinski definition) is 3. The SMILES string of the molecule is CNC(=O)NCc1ccc(/C=C/C(=O)O)s1. The molecule has 0 fully saturated rings. The van der Waals surface area contributed by atoms with Crippen molar-refractivity contribution in [3.63, 3.8) is 0 Å². The van der Waals surface area contributed by atoms with E-state index in [-0.39, 0.29) is 6.03 Å². The summed E-state index contributed by atoms with van der Waals surface area (Å²) in [6.45, 7) is 0.436. The van der Waals surface area contributed by atoms with Crippen LogP contribution in [0.2, 0.25) is 0 Å². The van der Waals surface area contributed by atoms with Crippen molar-refractivity contribution in [3.05, 3.63) is 28.0 Å². The summed E-state index contributed by atoms with van der Waals surface area (Å²) in [5.74, 6) is -0.974. The molecule has 0 saturated carbocycles. The van der Waals surface area contributed by atoms with E-state index in [1.807, 2.05) is 12.1 Å². The summed E-state index contributed by atoms with van der Waals surface area (Å²) in [6, 6.07) is 3.42. The zero-order valence-electron chi connectivity index (χ0n) is 8.69. The topological polar surface area (TPSA) is 78.4 Å². The van der Waals surface area contributed by atoms with E-state index in [0.29, 0.717) is 6.54 Å². The van der Waals surface area contributed by atoms with Gasteiger partial charge in [-0.05, 0) is 18.2 Å². The van der Waals surface area contributed by atoms with Crippen molar-refractivity contribution in [2.24, 2.45) is 0 Å². The molecule has 1 aromatic heterocycles. The van der Waals surface area contributed by atoms with E-state index in [2.05, 4.69) is 10.6 Å². The van der Waals surface area contributed by atoms with Crippen LogP contribution in [0.5, 0.6) is 0 Å². The highest BCUT2D eigenvalue weighted by atomic mass is 32.1. The molecule has 6 heteroatoms. The minimum absolute atomic E-state index is 0.240. The van der Waals surface area contributed by atoms with Gasteiger partial charge >= 0.3 is 12.0 Å². The van der Waals surface area contributed by atoms with Gasteiger partial charge in [-0.25, -0.2) is 9.59 Å². The molecule has 0 aromatic carbocycles. The Balaban J connectivity index is 2.51. The summed E-state index contributed by atoms with van der Waals surface area (Å²) in [4.78, 5) is 23.0. The molecular formula is C10H12N2O3S. The van der Waals surface area contributed by atoms with Crippen LogP contribution in [0.3, 0.4) is 0 Å². The zero-order chi connectivity index (χ0) is 12.0. The van der Waals surface area contributed by atoms with Gasteiger partial charge in [-0.1, -0.05) is 0 Å². The third-order valence-corrected chi connectivity index (χ3v) is 2.77. The lowest BCUT2D eigenvalue weighted by Crippen LogP contribution is -2.31. The summed E-state index contributed by atoms with van der Waals surface area (Å²) in [5, 5.41) is 13.5. The Hall–Kier alpha value is -1.82. The highest BCUT2D eigenvalue weighted by Crippen LogP contribution is 2.17. The molecule has 86 valence electrons. The molecule has 16 heavy (non-hydrogen) atoms. The van der Waals surface area contributed by atoms with E-state index in [0.717, 1.165) is 15.8 Å².